The maximum absolute atomic E-state index is 12.3. The Kier molecular flexibility index (Phi) is 29.5. The smallest absolute Gasteiger partial charge is 0.462 e. The van der Waals surface area contributed by atoms with Gasteiger partial charge in [-0.15, -0.1) is 0 Å². The fourth-order valence-corrected chi connectivity index (χ4v) is 5.00. The van der Waals surface area contributed by atoms with Crippen LogP contribution in [0.4, 0.5) is 0 Å². The number of phosphoric ester groups is 1. The molecule has 0 aliphatic carbocycles. The van der Waals surface area contributed by atoms with E-state index in [1.807, 2.05) is 0 Å². The second kappa shape index (κ2) is 30.6. The molecule has 1 unspecified atom stereocenters. The summed E-state index contributed by atoms with van der Waals surface area (Å²) in [6.45, 7) is 3.61. The van der Waals surface area contributed by atoms with Crippen molar-refractivity contribution in [3.63, 3.8) is 0 Å². The maximum Gasteiger partial charge on any atom is 0.469 e. The van der Waals surface area contributed by atoms with Crippen molar-refractivity contribution in [2.45, 2.75) is 168 Å². The molecule has 0 fully saturated rings. The molecule has 252 valence electrons. The number of rotatable bonds is 31. The monoisotopic (exact) mass is 630 g/mol. The highest BCUT2D eigenvalue weighted by Gasteiger charge is 2.22. The molecule has 0 amide bonds. The molecule has 0 aromatic rings. The number of esters is 2. The van der Waals surface area contributed by atoms with Crippen LogP contribution < -0.4 is 0 Å². The summed E-state index contributed by atoms with van der Waals surface area (Å²) in [4.78, 5) is 42.5. The van der Waals surface area contributed by atoms with E-state index in [0.717, 1.165) is 57.8 Å². The van der Waals surface area contributed by atoms with Gasteiger partial charge in [-0.2, -0.15) is 0 Å². The molecule has 0 saturated carbocycles. The molecule has 9 heteroatoms. The molecule has 0 heterocycles. The lowest BCUT2D eigenvalue weighted by Gasteiger charge is -2.18. The molecule has 0 radical (unpaired) electrons. The van der Waals surface area contributed by atoms with Crippen molar-refractivity contribution in [2.24, 2.45) is 0 Å². The van der Waals surface area contributed by atoms with Crippen molar-refractivity contribution in [2.75, 3.05) is 13.2 Å². The predicted octanol–water partition coefficient (Wildman–Crippen LogP) is 9.68. The SMILES string of the molecule is CCCCCC/C=C\C/C=C\CCCCCCCC(=O)OC(COC(=O)CCCCCCCCCCC)COP(=O)(O)O. The van der Waals surface area contributed by atoms with E-state index in [2.05, 4.69) is 42.7 Å². The van der Waals surface area contributed by atoms with E-state index in [-0.39, 0.29) is 19.4 Å². The summed E-state index contributed by atoms with van der Waals surface area (Å²) in [6, 6.07) is 0. The third-order valence-electron chi connectivity index (χ3n) is 7.22. The number of hydrogen-bond donors (Lipinski definition) is 2. The first-order chi connectivity index (χ1) is 20.8. The molecule has 0 aromatic carbocycles. The van der Waals surface area contributed by atoms with Gasteiger partial charge in [-0.25, -0.2) is 4.57 Å². The average Bonchev–Trinajstić information content (AvgIpc) is 2.97. The summed E-state index contributed by atoms with van der Waals surface area (Å²) in [6.07, 6.45) is 31.9. The molecular formula is C34H63O8P. The Labute approximate surface area is 262 Å². The van der Waals surface area contributed by atoms with Crippen molar-refractivity contribution in [1.82, 2.24) is 0 Å². The minimum Gasteiger partial charge on any atom is -0.462 e. The number of ether oxygens (including phenoxy) is 2. The van der Waals surface area contributed by atoms with Crippen molar-refractivity contribution >= 4 is 19.8 Å². The zero-order chi connectivity index (χ0) is 31.9. The van der Waals surface area contributed by atoms with E-state index in [4.69, 9.17) is 19.3 Å². The zero-order valence-corrected chi connectivity index (χ0v) is 28.2. The number of carbonyl (C=O) groups is 2. The van der Waals surface area contributed by atoms with Crippen LogP contribution >= 0.6 is 7.82 Å². The quantitative estimate of drug-likeness (QED) is 0.0336. The number of carbonyl (C=O) groups excluding carboxylic acids is 2. The van der Waals surface area contributed by atoms with E-state index < -0.39 is 32.5 Å². The van der Waals surface area contributed by atoms with Gasteiger partial charge >= 0.3 is 19.8 Å². The minimum atomic E-state index is -4.74. The van der Waals surface area contributed by atoms with Crippen molar-refractivity contribution in [3.8, 4) is 0 Å². The lowest BCUT2D eigenvalue weighted by Crippen LogP contribution is -2.29. The Bertz CT molecular complexity index is 761. The van der Waals surface area contributed by atoms with Gasteiger partial charge in [0.15, 0.2) is 6.10 Å². The highest BCUT2D eigenvalue weighted by Crippen LogP contribution is 2.35. The van der Waals surface area contributed by atoms with Crippen LogP contribution in [0.3, 0.4) is 0 Å². The maximum atomic E-state index is 12.3. The van der Waals surface area contributed by atoms with Gasteiger partial charge in [0.25, 0.3) is 0 Å². The summed E-state index contributed by atoms with van der Waals surface area (Å²) >= 11 is 0. The number of unbranched alkanes of at least 4 members (excludes halogenated alkanes) is 17. The van der Waals surface area contributed by atoms with Gasteiger partial charge in [0.1, 0.15) is 6.61 Å². The summed E-state index contributed by atoms with van der Waals surface area (Å²) in [5.74, 6) is -0.903. The third-order valence-corrected chi connectivity index (χ3v) is 7.71. The molecule has 0 aliphatic rings. The lowest BCUT2D eigenvalue weighted by atomic mass is 10.1. The number of allylic oxidation sites excluding steroid dienone is 4. The molecular weight excluding hydrogens is 567 g/mol. The fraction of sp³-hybridized carbons (Fsp3) is 0.824. The zero-order valence-electron chi connectivity index (χ0n) is 27.4. The average molecular weight is 631 g/mol. The van der Waals surface area contributed by atoms with Gasteiger partial charge in [-0.1, -0.05) is 128 Å². The predicted molar refractivity (Wildman–Crippen MR) is 175 cm³/mol. The Morgan fingerprint density at radius 3 is 1.56 bits per heavy atom. The van der Waals surface area contributed by atoms with E-state index in [1.54, 1.807) is 0 Å². The molecule has 0 aromatic heterocycles. The van der Waals surface area contributed by atoms with Crippen LogP contribution in [0, 0.1) is 0 Å². The van der Waals surface area contributed by atoms with Gasteiger partial charge in [0.2, 0.25) is 0 Å². The first-order valence-electron chi connectivity index (χ1n) is 17.1. The molecule has 0 spiro atoms. The third kappa shape index (κ3) is 33.3. The van der Waals surface area contributed by atoms with Crippen molar-refractivity contribution < 1.29 is 37.9 Å². The molecule has 0 bridgehead atoms. The highest BCUT2D eigenvalue weighted by molar-refractivity contribution is 7.46. The van der Waals surface area contributed by atoms with Gasteiger partial charge in [-0.05, 0) is 44.9 Å². The summed E-state index contributed by atoms with van der Waals surface area (Å²) < 4.78 is 26.2. The van der Waals surface area contributed by atoms with Crippen LogP contribution in [0.2, 0.25) is 0 Å². The number of phosphoric acid groups is 1. The van der Waals surface area contributed by atoms with Gasteiger partial charge < -0.3 is 19.3 Å². The van der Waals surface area contributed by atoms with Crippen LogP contribution in [-0.2, 0) is 28.2 Å². The lowest BCUT2D eigenvalue weighted by molar-refractivity contribution is -0.161. The standard InChI is InChI=1S/C34H63O8P/c1-3-5-7-9-11-13-14-15-16-17-18-19-21-23-25-27-29-34(36)42-32(31-41-43(37,38)39)30-40-33(35)28-26-24-22-20-12-10-8-6-4-2/h13-14,16-17,32H,3-12,15,18-31H2,1-2H3,(H2,37,38,39)/b14-13-,17-16-. The normalized spacial score (nSPS) is 12.7. The molecule has 0 rings (SSSR count). The van der Waals surface area contributed by atoms with Crippen LogP contribution in [-0.4, -0.2) is 41.0 Å². The van der Waals surface area contributed by atoms with E-state index >= 15 is 0 Å². The Balaban J connectivity index is 4.02. The Morgan fingerprint density at radius 2 is 1.05 bits per heavy atom. The van der Waals surface area contributed by atoms with Gasteiger partial charge in [0, 0.05) is 12.8 Å². The first-order valence-corrected chi connectivity index (χ1v) is 18.7. The van der Waals surface area contributed by atoms with Crippen LogP contribution in [0.15, 0.2) is 24.3 Å². The van der Waals surface area contributed by atoms with Gasteiger partial charge in [-0.3, -0.25) is 14.1 Å². The molecule has 0 aliphatic heterocycles. The van der Waals surface area contributed by atoms with E-state index in [0.29, 0.717) is 6.42 Å². The largest absolute Gasteiger partial charge is 0.469 e. The summed E-state index contributed by atoms with van der Waals surface area (Å²) in [5, 5.41) is 0. The number of hydrogen-bond acceptors (Lipinski definition) is 6. The fourth-order valence-electron chi connectivity index (χ4n) is 4.64. The van der Waals surface area contributed by atoms with Gasteiger partial charge in [0.05, 0.1) is 6.61 Å². The molecule has 8 nitrogen and oxygen atoms in total. The van der Waals surface area contributed by atoms with Crippen LogP contribution in [0.5, 0.6) is 0 Å². The van der Waals surface area contributed by atoms with Crippen LogP contribution in [0.25, 0.3) is 0 Å². The minimum absolute atomic E-state index is 0.198. The molecule has 43 heavy (non-hydrogen) atoms. The molecule has 0 saturated heterocycles. The van der Waals surface area contributed by atoms with Crippen molar-refractivity contribution in [3.05, 3.63) is 24.3 Å². The van der Waals surface area contributed by atoms with E-state index in [9.17, 15) is 14.2 Å². The van der Waals surface area contributed by atoms with Crippen molar-refractivity contribution in [1.29, 1.82) is 0 Å². The molecule has 2 N–H and O–H groups in total. The first kappa shape index (κ1) is 41.5. The second-order valence-electron chi connectivity index (χ2n) is 11.5. The summed E-state index contributed by atoms with van der Waals surface area (Å²) in [5.41, 5.74) is 0. The summed E-state index contributed by atoms with van der Waals surface area (Å²) in [7, 11) is -4.74. The van der Waals surface area contributed by atoms with Crippen LogP contribution in [0.1, 0.15) is 162 Å². The Morgan fingerprint density at radius 1 is 0.605 bits per heavy atom. The van der Waals surface area contributed by atoms with E-state index in [1.165, 1.54) is 70.6 Å². The topological polar surface area (TPSA) is 119 Å². The highest BCUT2D eigenvalue weighted by atomic mass is 31.2. The molecule has 1 atom stereocenters. The second-order valence-corrected chi connectivity index (χ2v) is 12.7. The Hall–Kier alpha value is -1.47.